The van der Waals surface area contributed by atoms with E-state index in [2.05, 4.69) is 108 Å². The van der Waals surface area contributed by atoms with Crippen LogP contribution < -0.4 is 0 Å². The van der Waals surface area contributed by atoms with Crippen LogP contribution in [0.1, 0.15) is 11.5 Å². The van der Waals surface area contributed by atoms with E-state index in [9.17, 15) is 0 Å². The lowest BCUT2D eigenvalue weighted by molar-refractivity contribution is 0.814. The summed E-state index contributed by atoms with van der Waals surface area (Å²) in [5.74, 6) is 0.0891. The van der Waals surface area contributed by atoms with E-state index in [0.717, 1.165) is 0 Å². The Morgan fingerprint density at radius 2 is 1.13 bits per heavy atom. The van der Waals surface area contributed by atoms with E-state index in [1.54, 1.807) is 0 Å². The van der Waals surface area contributed by atoms with Crippen LogP contribution in [-0.2, 0) is 0 Å². The minimum atomic E-state index is -0.398. The van der Waals surface area contributed by atoms with Gasteiger partial charge >= 0.3 is 0 Å². The number of rotatable bonds is 1. The van der Waals surface area contributed by atoms with Crippen molar-refractivity contribution >= 4 is 95.6 Å². The molecule has 0 aliphatic rings. The van der Waals surface area contributed by atoms with E-state index in [0.29, 0.717) is 0 Å². The Hall–Kier alpha value is 2.10. The van der Waals surface area contributed by atoms with Crippen LogP contribution in [0, 0.1) is 0 Å². The van der Waals surface area contributed by atoms with Crippen molar-refractivity contribution in [2.24, 2.45) is 0 Å². The Kier molecular flexibility index (Phi) is 5.89. The molecule has 1 rings (SSSR count). The molecule has 0 saturated heterocycles. The summed E-state index contributed by atoms with van der Waals surface area (Å²) in [7, 11) is 0. The van der Waals surface area contributed by atoms with Crippen LogP contribution >= 0.6 is 95.6 Å². The molecule has 0 aliphatic heterocycles. The number of alkyl halides is 6. The highest BCUT2D eigenvalue weighted by Crippen LogP contribution is 2.59. The van der Waals surface area contributed by atoms with E-state index in [4.69, 9.17) is 0 Å². The maximum absolute atomic E-state index is 3.56. The molecule has 0 aliphatic carbocycles. The molecule has 0 spiro atoms. The summed E-state index contributed by atoms with van der Waals surface area (Å²) in [5.41, 5.74) is 1.17. The van der Waals surface area contributed by atoms with E-state index < -0.39 is 4.29 Å². The quantitative estimate of drug-likeness (QED) is 0.329. The monoisotopic (exact) mass is 588 g/mol. The van der Waals surface area contributed by atoms with Gasteiger partial charge in [0, 0.05) is 0 Å². The van der Waals surface area contributed by atoms with Gasteiger partial charge < -0.3 is 0 Å². The van der Waals surface area contributed by atoms with Gasteiger partial charge in [0.05, 0.1) is 5.92 Å². The Morgan fingerprint density at radius 3 is 1.47 bits per heavy atom. The van der Waals surface area contributed by atoms with Gasteiger partial charge in [-0.2, -0.15) is 0 Å². The van der Waals surface area contributed by atoms with Crippen molar-refractivity contribution in [3.63, 3.8) is 0 Å². The van der Waals surface area contributed by atoms with Crippen molar-refractivity contribution < 1.29 is 0 Å². The molecular formula is C9H6Br6. The summed E-state index contributed by atoms with van der Waals surface area (Å²) < 4.78 is -0.796. The molecule has 0 N–H and O–H groups in total. The summed E-state index contributed by atoms with van der Waals surface area (Å²) in [5, 5.41) is 0. The highest BCUT2D eigenvalue weighted by Gasteiger charge is 2.44. The summed E-state index contributed by atoms with van der Waals surface area (Å²) in [6.07, 6.45) is 0. The fraction of sp³-hybridized carbons (Fsp3) is 0.333. The molecule has 0 saturated carbocycles. The van der Waals surface area contributed by atoms with E-state index in [1.165, 1.54) is 5.56 Å². The number of halogens is 6. The van der Waals surface area contributed by atoms with Gasteiger partial charge in [0.15, 0.2) is 0 Å². The average Bonchev–Trinajstić information content (AvgIpc) is 2.00. The second-order valence-electron chi connectivity index (χ2n) is 2.93. The van der Waals surface area contributed by atoms with Crippen LogP contribution in [0.25, 0.3) is 0 Å². The van der Waals surface area contributed by atoms with Crippen molar-refractivity contribution in [1.82, 2.24) is 0 Å². The Balaban J connectivity index is 3.15. The highest BCUT2D eigenvalue weighted by molar-refractivity contribution is 9.40. The first-order valence-electron chi connectivity index (χ1n) is 3.91. The molecule has 0 heterocycles. The molecule has 0 radical (unpaired) electrons. The average molecular weight is 594 g/mol. The predicted molar refractivity (Wildman–Crippen MR) is 88.2 cm³/mol. The van der Waals surface area contributed by atoms with Crippen molar-refractivity contribution in [2.75, 3.05) is 0 Å². The lowest BCUT2D eigenvalue weighted by atomic mass is 10.0. The van der Waals surface area contributed by atoms with Crippen LogP contribution in [0.2, 0.25) is 0 Å². The molecule has 0 fully saturated rings. The van der Waals surface area contributed by atoms with Gasteiger partial charge in [0.2, 0.25) is 0 Å². The van der Waals surface area contributed by atoms with E-state index >= 15 is 0 Å². The van der Waals surface area contributed by atoms with Gasteiger partial charge in [-0.3, -0.25) is 0 Å². The molecule has 1 aromatic rings. The second kappa shape index (κ2) is 5.83. The topological polar surface area (TPSA) is 0 Å². The van der Waals surface area contributed by atoms with Crippen molar-refractivity contribution in [2.45, 2.75) is 10.2 Å². The summed E-state index contributed by atoms with van der Waals surface area (Å²) in [4.78, 5) is 0. The molecule has 15 heavy (non-hydrogen) atoms. The van der Waals surface area contributed by atoms with Gasteiger partial charge in [-0.15, -0.1) is 0 Å². The second-order valence-corrected chi connectivity index (χ2v) is 16.8. The fourth-order valence-corrected chi connectivity index (χ4v) is 7.62. The number of hydrogen-bond acceptors (Lipinski definition) is 0. The maximum Gasteiger partial charge on any atom is 0.144 e. The first-order chi connectivity index (χ1) is 6.73. The van der Waals surface area contributed by atoms with Gasteiger partial charge in [-0.1, -0.05) is 126 Å². The Labute approximate surface area is 140 Å². The van der Waals surface area contributed by atoms with Gasteiger partial charge in [-0.25, -0.2) is 0 Å². The van der Waals surface area contributed by atoms with Crippen molar-refractivity contribution in [3.05, 3.63) is 35.9 Å². The molecule has 0 atom stereocenters. The molecule has 6 heteroatoms. The SMILES string of the molecule is BrC(Br)(Br)C(c1ccccc1)C(Br)(Br)Br. The molecule has 0 amide bonds. The Morgan fingerprint density at radius 1 is 0.733 bits per heavy atom. The van der Waals surface area contributed by atoms with Crippen LogP contribution in [0.5, 0.6) is 0 Å². The molecule has 0 bridgehead atoms. The minimum absolute atomic E-state index is 0.0891. The fourth-order valence-electron chi connectivity index (χ4n) is 1.21. The third-order valence-electron chi connectivity index (χ3n) is 1.79. The zero-order chi connectivity index (χ0) is 11.7. The van der Waals surface area contributed by atoms with Crippen LogP contribution in [0.3, 0.4) is 0 Å². The van der Waals surface area contributed by atoms with Gasteiger partial charge in [0.1, 0.15) is 4.29 Å². The number of hydrogen-bond donors (Lipinski definition) is 0. The highest BCUT2D eigenvalue weighted by atomic mass is 80.0. The minimum Gasteiger partial charge on any atom is -0.0622 e. The predicted octanol–water partition coefficient (Wildman–Crippen LogP) is 6.45. The molecule has 0 nitrogen and oxygen atoms in total. The smallest absolute Gasteiger partial charge is 0.0622 e. The summed E-state index contributed by atoms with van der Waals surface area (Å²) in [6.45, 7) is 0. The van der Waals surface area contributed by atoms with E-state index in [-0.39, 0.29) is 5.92 Å². The van der Waals surface area contributed by atoms with Gasteiger partial charge in [-0.05, 0) is 5.56 Å². The number of benzene rings is 1. The van der Waals surface area contributed by atoms with Crippen LogP contribution in [-0.4, -0.2) is 4.29 Å². The lowest BCUT2D eigenvalue weighted by Gasteiger charge is -2.32. The van der Waals surface area contributed by atoms with Crippen LogP contribution in [0.4, 0.5) is 0 Å². The molecule has 84 valence electrons. The normalized spacial score (nSPS) is 13.3. The first kappa shape index (κ1) is 15.2. The van der Waals surface area contributed by atoms with Crippen molar-refractivity contribution in [1.29, 1.82) is 0 Å². The summed E-state index contributed by atoms with van der Waals surface area (Å²) >= 11 is 21.4. The lowest BCUT2D eigenvalue weighted by Crippen LogP contribution is -2.27. The maximum atomic E-state index is 3.56. The zero-order valence-electron chi connectivity index (χ0n) is 7.23. The third-order valence-corrected chi connectivity index (χ3v) is 4.53. The largest absolute Gasteiger partial charge is 0.144 e. The standard InChI is InChI=1S/C9H6Br6/c10-8(11,12)7(9(13,14)15)6-4-2-1-3-5-6/h1-5,7H. The van der Waals surface area contributed by atoms with Crippen molar-refractivity contribution in [3.8, 4) is 0 Å². The van der Waals surface area contributed by atoms with Crippen LogP contribution in [0.15, 0.2) is 30.3 Å². The molecular weight excluding hydrogens is 588 g/mol. The molecule has 1 aromatic carbocycles. The Bertz CT molecular complexity index is 296. The van der Waals surface area contributed by atoms with Gasteiger partial charge in [0.25, 0.3) is 0 Å². The molecule has 0 aromatic heterocycles. The zero-order valence-corrected chi connectivity index (χ0v) is 16.7. The first-order valence-corrected chi connectivity index (χ1v) is 8.67. The third kappa shape index (κ3) is 4.70. The summed E-state index contributed by atoms with van der Waals surface area (Å²) in [6, 6.07) is 10.2. The molecule has 0 unspecified atom stereocenters. The van der Waals surface area contributed by atoms with E-state index in [1.807, 2.05) is 18.2 Å².